The molecule has 0 amide bonds. The van der Waals surface area contributed by atoms with E-state index in [1.54, 1.807) is 6.07 Å². The summed E-state index contributed by atoms with van der Waals surface area (Å²) in [4.78, 5) is 19.9. The van der Waals surface area contributed by atoms with Gasteiger partial charge in [0.2, 0.25) is 0 Å². The van der Waals surface area contributed by atoms with E-state index in [1.807, 2.05) is 42.5 Å². The minimum Gasteiger partial charge on any atom is -0.481 e. The molecule has 0 atom stereocenters. The van der Waals surface area contributed by atoms with Crippen LogP contribution >= 0.6 is 23.4 Å². The van der Waals surface area contributed by atoms with E-state index in [4.69, 9.17) is 16.7 Å². The Balaban J connectivity index is 2.06. The lowest BCUT2D eigenvalue weighted by Gasteiger charge is -2.08. The number of rotatable bonds is 5. The summed E-state index contributed by atoms with van der Waals surface area (Å²) in [5, 5.41) is 11.0. The Morgan fingerprint density at radius 2 is 1.91 bits per heavy atom. The Labute approximate surface area is 142 Å². The standard InChI is InChI=1S/C17H13ClN2O2S/c18-12-6-7-14-13(10-12)17(23-9-8-15(21)22)20-16(19-14)11-4-2-1-3-5-11/h1-7,10H,8-9H2,(H,21,22). The fraction of sp³-hybridized carbons (Fsp3) is 0.118. The van der Waals surface area contributed by atoms with Gasteiger partial charge in [-0.2, -0.15) is 0 Å². The number of carboxylic acid groups (broad SMARTS) is 1. The average molecular weight is 345 g/mol. The second-order valence-electron chi connectivity index (χ2n) is 4.87. The first-order valence-electron chi connectivity index (χ1n) is 7.01. The number of thioether (sulfide) groups is 1. The number of aromatic nitrogens is 2. The molecule has 0 saturated carbocycles. The smallest absolute Gasteiger partial charge is 0.304 e. The van der Waals surface area contributed by atoms with Gasteiger partial charge >= 0.3 is 5.97 Å². The zero-order valence-electron chi connectivity index (χ0n) is 12.1. The first-order chi connectivity index (χ1) is 11.1. The van der Waals surface area contributed by atoms with Crippen molar-refractivity contribution >= 4 is 40.2 Å². The van der Waals surface area contributed by atoms with Crippen molar-refractivity contribution < 1.29 is 9.90 Å². The SMILES string of the molecule is O=C(O)CCSc1nc(-c2ccccc2)nc2ccc(Cl)cc12. The number of aliphatic carboxylic acids is 1. The van der Waals surface area contributed by atoms with Gasteiger partial charge in [-0.1, -0.05) is 41.9 Å². The molecule has 4 nitrogen and oxygen atoms in total. The first kappa shape index (κ1) is 15.8. The summed E-state index contributed by atoms with van der Waals surface area (Å²) in [5.41, 5.74) is 1.71. The van der Waals surface area contributed by atoms with Crippen LogP contribution in [0.5, 0.6) is 0 Å². The van der Waals surface area contributed by atoms with Gasteiger partial charge < -0.3 is 5.11 Å². The molecule has 1 heterocycles. The van der Waals surface area contributed by atoms with Gasteiger partial charge in [0.25, 0.3) is 0 Å². The van der Waals surface area contributed by atoms with Crippen LogP contribution in [-0.2, 0) is 4.79 Å². The van der Waals surface area contributed by atoms with Crippen LogP contribution < -0.4 is 0 Å². The quantitative estimate of drug-likeness (QED) is 0.544. The Bertz CT molecular complexity index is 856. The summed E-state index contributed by atoms with van der Waals surface area (Å²) < 4.78 is 0. The zero-order chi connectivity index (χ0) is 16.2. The number of hydrogen-bond donors (Lipinski definition) is 1. The Kier molecular flexibility index (Phi) is 4.79. The maximum atomic E-state index is 10.7. The molecule has 0 saturated heterocycles. The van der Waals surface area contributed by atoms with Crippen LogP contribution in [-0.4, -0.2) is 26.8 Å². The van der Waals surface area contributed by atoms with Crippen LogP contribution in [0.4, 0.5) is 0 Å². The maximum absolute atomic E-state index is 10.7. The van der Waals surface area contributed by atoms with Crippen LogP contribution in [0.1, 0.15) is 6.42 Å². The summed E-state index contributed by atoms with van der Waals surface area (Å²) in [5.74, 6) is 0.248. The van der Waals surface area contributed by atoms with Gasteiger partial charge in [-0.25, -0.2) is 9.97 Å². The molecule has 0 aliphatic carbocycles. The number of nitrogens with zero attached hydrogens (tertiary/aromatic N) is 2. The summed E-state index contributed by atoms with van der Waals surface area (Å²) in [7, 11) is 0. The third kappa shape index (κ3) is 3.81. The summed E-state index contributed by atoms with van der Waals surface area (Å²) in [6, 6.07) is 15.2. The molecule has 0 unspecified atom stereocenters. The molecule has 116 valence electrons. The van der Waals surface area contributed by atoms with Crippen molar-refractivity contribution in [1.29, 1.82) is 0 Å². The van der Waals surface area contributed by atoms with Gasteiger partial charge in [0.1, 0.15) is 5.03 Å². The Morgan fingerprint density at radius 1 is 1.13 bits per heavy atom. The van der Waals surface area contributed by atoms with E-state index in [0.29, 0.717) is 16.6 Å². The Hall–Kier alpha value is -2.11. The van der Waals surface area contributed by atoms with Gasteiger partial charge in [0, 0.05) is 21.7 Å². The third-order valence-electron chi connectivity index (χ3n) is 3.21. The van der Waals surface area contributed by atoms with E-state index in [2.05, 4.69) is 9.97 Å². The lowest BCUT2D eigenvalue weighted by Crippen LogP contribution is -1.98. The highest BCUT2D eigenvalue weighted by Crippen LogP contribution is 2.30. The number of carbonyl (C=O) groups is 1. The fourth-order valence-corrected chi connectivity index (χ4v) is 3.25. The van der Waals surface area contributed by atoms with E-state index in [1.165, 1.54) is 11.8 Å². The Morgan fingerprint density at radius 3 is 2.65 bits per heavy atom. The highest BCUT2D eigenvalue weighted by atomic mass is 35.5. The summed E-state index contributed by atoms with van der Waals surface area (Å²) in [6.07, 6.45) is 0.0808. The van der Waals surface area contributed by atoms with Gasteiger partial charge in [-0.15, -0.1) is 11.8 Å². The van der Waals surface area contributed by atoms with Crippen molar-refractivity contribution in [2.75, 3.05) is 5.75 Å². The molecular weight excluding hydrogens is 332 g/mol. The number of halogens is 1. The minimum absolute atomic E-state index is 0.0808. The zero-order valence-corrected chi connectivity index (χ0v) is 13.6. The van der Waals surface area contributed by atoms with E-state index in [-0.39, 0.29) is 6.42 Å². The van der Waals surface area contributed by atoms with Crippen molar-refractivity contribution in [3.05, 3.63) is 53.6 Å². The molecule has 0 radical (unpaired) electrons. The summed E-state index contributed by atoms with van der Waals surface area (Å²) in [6.45, 7) is 0. The van der Waals surface area contributed by atoms with Crippen LogP contribution in [0, 0.1) is 0 Å². The fourth-order valence-electron chi connectivity index (χ4n) is 2.13. The number of fused-ring (bicyclic) bond motifs is 1. The van der Waals surface area contributed by atoms with Crippen LogP contribution in [0.25, 0.3) is 22.3 Å². The number of benzene rings is 2. The third-order valence-corrected chi connectivity index (χ3v) is 4.44. The molecule has 1 N–H and O–H groups in total. The summed E-state index contributed by atoms with van der Waals surface area (Å²) >= 11 is 7.48. The highest BCUT2D eigenvalue weighted by Gasteiger charge is 2.11. The molecular formula is C17H13ClN2O2S. The average Bonchev–Trinajstić information content (AvgIpc) is 2.55. The van der Waals surface area contributed by atoms with E-state index in [0.717, 1.165) is 21.5 Å². The second-order valence-corrected chi connectivity index (χ2v) is 6.39. The number of hydrogen-bond acceptors (Lipinski definition) is 4. The topological polar surface area (TPSA) is 63.1 Å². The van der Waals surface area contributed by atoms with Gasteiger partial charge in [-0.05, 0) is 18.2 Å². The van der Waals surface area contributed by atoms with Crippen LogP contribution in [0.2, 0.25) is 5.02 Å². The van der Waals surface area contributed by atoms with Gasteiger partial charge in [0.15, 0.2) is 5.82 Å². The molecule has 0 aliphatic rings. The van der Waals surface area contributed by atoms with Crippen LogP contribution in [0.3, 0.4) is 0 Å². The van der Waals surface area contributed by atoms with Gasteiger partial charge in [-0.3, -0.25) is 4.79 Å². The lowest BCUT2D eigenvalue weighted by atomic mass is 10.2. The van der Waals surface area contributed by atoms with Crippen molar-refractivity contribution in [3.63, 3.8) is 0 Å². The molecule has 3 rings (SSSR count). The van der Waals surface area contributed by atoms with E-state index < -0.39 is 5.97 Å². The molecule has 3 aromatic rings. The number of carboxylic acids is 1. The van der Waals surface area contributed by atoms with Crippen molar-refractivity contribution in [1.82, 2.24) is 9.97 Å². The molecule has 23 heavy (non-hydrogen) atoms. The van der Waals surface area contributed by atoms with Crippen molar-refractivity contribution in [3.8, 4) is 11.4 Å². The van der Waals surface area contributed by atoms with Crippen LogP contribution in [0.15, 0.2) is 53.6 Å². The van der Waals surface area contributed by atoms with Crippen molar-refractivity contribution in [2.24, 2.45) is 0 Å². The van der Waals surface area contributed by atoms with E-state index >= 15 is 0 Å². The first-order valence-corrected chi connectivity index (χ1v) is 8.37. The molecule has 0 fully saturated rings. The molecule has 0 spiro atoms. The monoisotopic (exact) mass is 344 g/mol. The normalized spacial score (nSPS) is 10.8. The predicted molar refractivity (Wildman–Crippen MR) is 93.0 cm³/mol. The van der Waals surface area contributed by atoms with Gasteiger partial charge in [0.05, 0.1) is 11.9 Å². The second kappa shape index (κ2) is 6.98. The van der Waals surface area contributed by atoms with E-state index in [9.17, 15) is 4.79 Å². The molecule has 1 aromatic heterocycles. The maximum Gasteiger partial charge on any atom is 0.304 e. The molecule has 0 aliphatic heterocycles. The minimum atomic E-state index is -0.822. The largest absolute Gasteiger partial charge is 0.481 e. The molecule has 0 bridgehead atoms. The predicted octanol–water partition coefficient (Wildman–Crippen LogP) is 4.52. The lowest BCUT2D eigenvalue weighted by molar-refractivity contribution is -0.136. The molecule has 2 aromatic carbocycles. The molecule has 6 heteroatoms. The highest BCUT2D eigenvalue weighted by molar-refractivity contribution is 7.99. The van der Waals surface area contributed by atoms with Crippen molar-refractivity contribution in [2.45, 2.75) is 11.4 Å².